The van der Waals surface area contributed by atoms with Crippen LogP contribution in [0.1, 0.15) is 6.92 Å². The van der Waals surface area contributed by atoms with E-state index in [2.05, 4.69) is 48.7 Å². The Morgan fingerprint density at radius 3 is 2.82 bits per heavy atom. The van der Waals surface area contributed by atoms with E-state index in [9.17, 15) is 0 Å². The minimum absolute atomic E-state index is 0.515. The summed E-state index contributed by atoms with van der Waals surface area (Å²) in [5.74, 6) is 1.35. The predicted molar refractivity (Wildman–Crippen MR) is 80.0 cm³/mol. The van der Waals surface area contributed by atoms with Gasteiger partial charge >= 0.3 is 0 Å². The molecule has 0 saturated carbocycles. The Labute approximate surface area is 121 Å². The van der Waals surface area contributed by atoms with Gasteiger partial charge in [0, 0.05) is 10.0 Å². The van der Waals surface area contributed by atoms with Crippen LogP contribution in [-0.2, 0) is 0 Å². The van der Waals surface area contributed by atoms with Crippen molar-refractivity contribution < 1.29 is 4.74 Å². The predicted octanol–water partition coefficient (Wildman–Crippen LogP) is 3.42. The van der Waals surface area contributed by atoms with Crippen molar-refractivity contribution in [3.8, 4) is 17.0 Å². The third-order valence-electron chi connectivity index (χ3n) is 2.25. The van der Waals surface area contributed by atoms with Crippen LogP contribution in [0.2, 0.25) is 0 Å². The minimum Gasteiger partial charge on any atom is -0.494 e. The van der Waals surface area contributed by atoms with Gasteiger partial charge in [0.2, 0.25) is 0 Å². The maximum Gasteiger partial charge on any atom is 0.159 e. The number of halogens is 2. The first-order chi connectivity index (χ1) is 8.13. The van der Waals surface area contributed by atoms with E-state index >= 15 is 0 Å². The molecule has 3 N–H and O–H groups in total. The number of nitrogens with two attached hydrogens (primary N) is 1. The molecule has 1 aromatic carbocycles. The van der Waals surface area contributed by atoms with Crippen molar-refractivity contribution >= 4 is 44.3 Å². The third-order valence-corrected chi connectivity index (χ3v) is 4.00. The Kier molecular flexibility index (Phi) is 3.93. The Hall–Kier alpha value is -0.760. The molecule has 0 aliphatic rings. The van der Waals surface area contributed by atoms with Gasteiger partial charge in [-0.25, -0.2) is 0 Å². The van der Waals surface area contributed by atoms with Crippen molar-refractivity contribution in [2.45, 2.75) is 6.92 Å². The zero-order valence-corrected chi connectivity index (χ0v) is 12.9. The standard InChI is InChI=1S/C11H11BrIN3O/c1-2-17-6-3-4-7(8(12)5-6)10-9(13)11(14)16-15-10/h3-5H,2H2,1H3,(H3,14,15,16). The molecule has 1 heterocycles. The molecule has 2 aromatic rings. The van der Waals surface area contributed by atoms with E-state index in [1.807, 2.05) is 25.1 Å². The molecule has 0 aliphatic heterocycles. The summed E-state index contributed by atoms with van der Waals surface area (Å²) in [5.41, 5.74) is 7.65. The van der Waals surface area contributed by atoms with Gasteiger partial charge in [-0.2, -0.15) is 5.10 Å². The highest BCUT2D eigenvalue weighted by Gasteiger charge is 2.13. The molecule has 0 fully saturated rings. The van der Waals surface area contributed by atoms with Crippen LogP contribution in [0, 0.1) is 3.57 Å². The van der Waals surface area contributed by atoms with Gasteiger partial charge in [-0.3, -0.25) is 5.10 Å². The van der Waals surface area contributed by atoms with Gasteiger partial charge in [0.15, 0.2) is 5.82 Å². The van der Waals surface area contributed by atoms with E-state index in [0.717, 1.165) is 25.0 Å². The normalized spacial score (nSPS) is 10.5. The van der Waals surface area contributed by atoms with Crippen LogP contribution < -0.4 is 10.5 Å². The number of benzene rings is 1. The monoisotopic (exact) mass is 407 g/mol. The summed E-state index contributed by atoms with van der Waals surface area (Å²) in [6, 6.07) is 5.84. The molecule has 0 spiro atoms. The zero-order chi connectivity index (χ0) is 12.4. The average Bonchev–Trinajstić information content (AvgIpc) is 2.61. The lowest BCUT2D eigenvalue weighted by molar-refractivity contribution is 0.340. The van der Waals surface area contributed by atoms with Crippen LogP contribution in [0.3, 0.4) is 0 Å². The number of rotatable bonds is 3. The molecule has 4 nitrogen and oxygen atoms in total. The minimum atomic E-state index is 0.515. The van der Waals surface area contributed by atoms with Gasteiger partial charge in [0.1, 0.15) is 5.75 Å². The van der Waals surface area contributed by atoms with Gasteiger partial charge in [-0.05, 0) is 63.6 Å². The van der Waals surface area contributed by atoms with E-state index < -0.39 is 0 Å². The number of H-pyrrole nitrogens is 1. The number of nitrogens with zero attached hydrogens (tertiary/aromatic N) is 1. The maximum atomic E-state index is 5.72. The first kappa shape index (κ1) is 12.7. The van der Waals surface area contributed by atoms with Crippen molar-refractivity contribution in [3.63, 3.8) is 0 Å². The lowest BCUT2D eigenvalue weighted by Gasteiger charge is -2.07. The van der Waals surface area contributed by atoms with Crippen molar-refractivity contribution in [1.29, 1.82) is 0 Å². The number of nitrogens with one attached hydrogen (secondary N) is 1. The van der Waals surface area contributed by atoms with E-state index in [-0.39, 0.29) is 0 Å². The highest BCUT2D eigenvalue weighted by Crippen LogP contribution is 2.34. The third kappa shape index (κ3) is 2.57. The highest BCUT2D eigenvalue weighted by atomic mass is 127. The van der Waals surface area contributed by atoms with Gasteiger partial charge in [0.25, 0.3) is 0 Å². The lowest BCUT2D eigenvalue weighted by atomic mass is 10.1. The zero-order valence-electron chi connectivity index (χ0n) is 9.13. The van der Waals surface area contributed by atoms with Crippen LogP contribution in [0.4, 0.5) is 5.82 Å². The summed E-state index contributed by atoms with van der Waals surface area (Å²) in [4.78, 5) is 0. The van der Waals surface area contributed by atoms with Gasteiger partial charge < -0.3 is 10.5 Å². The quantitative estimate of drug-likeness (QED) is 0.766. The molecule has 0 atom stereocenters. The fourth-order valence-corrected chi connectivity index (χ4v) is 2.56. The van der Waals surface area contributed by atoms with Gasteiger partial charge in [0.05, 0.1) is 15.9 Å². The molecule has 0 radical (unpaired) electrons. The molecule has 0 saturated heterocycles. The second kappa shape index (κ2) is 5.26. The maximum absolute atomic E-state index is 5.72. The van der Waals surface area contributed by atoms with Crippen molar-refractivity contribution in [2.24, 2.45) is 0 Å². The van der Waals surface area contributed by atoms with Crippen LogP contribution in [-0.4, -0.2) is 16.8 Å². The summed E-state index contributed by atoms with van der Waals surface area (Å²) < 4.78 is 7.30. The number of aromatic nitrogens is 2. The SMILES string of the molecule is CCOc1ccc(-c2[nH]nc(N)c2I)c(Br)c1. The van der Waals surface area contributed by atoms with E-state index in [0.29, 0.717) is 12.4 Å². The summed E-state index contributed by atoms with van der Waals surface area (Å²) in [6.45, 7) is 2.61. The number of anilines is 1. The van der Waals surface area contributed by atoms with Gasteiger partial charge in [-0.15, -0.1) is 0 Å². The number of hydrogen-bond donors (Lipinski definition) is 2. The molecule has 1 aromatic heterocycles. The summed E-state index contributed by atoms with van der Waals surface area (Å²) in [7, 11) is 0. The molecule has 6 heteroatoms. The molecule has 2 rings (SSSR count). The van der Waals surface area contributed by atoms with Crippen LogP contribution >= 0.6 is 38.5 Å². The number of aromatic amines is 1. The molecule has 90 valence electrons. The summed E-state index contributed by atoms with van der Waals surface area (Å²) >= 11 is 5.70. The molecule has 17 heavy (non-hydrogen) atoms. The van der Waals surface area contributed by atoms with E-state index in [1.54, 1.807) is 0 Å². The van der Waals surface area contributed by atoms with E-state index in [4.69, 9.17) is 10.5 Å². The number of hydrogen-bond acceptors (Lipinski definition) is 3. The first-order valence-corrected chi connectivity index (χ1v) is 6.92. The van der Waals surface area contributed by atoms with E-state index in [1.165, 1.54) is 0 Å². The van der Waals surface area contributed by atoms with Crippen molar-refractivity contribution in [2.75, 3.05) is 12.3 Å². The van der Waals surface area contributed by atoms with Gasteiger partial charge in [-0.1, -0.05) is 0 Å². The molecule has 0 bridgehead atoms. The Balaban J connectivity index is 2.43. The Bertz CT molecular complexity index is 542. The lowest BCUT2D eigenvalue weighted by Crippen LogP contribution is -1.92. The fraction of sp³-hybridized carbons (Fsp3) is 0.182. The number of ether oxygens (including phenoxy) is 1. The number of nitrogen functional groups attached to an aromatic ring is 1. The topological polar surface area (TPSA) is 63.9 Å². The molecule has 0 unspecified atom stereocenters. The van der Waals surface area contributed by atoms with Crippen molar-refractivity contribution in [1.82, 2.24) is 10.2 Å². The molecule has 0 amide bonds. The van der Waals surface area contributed by atoms with Crippen LogP contribution in [0.15, 0.2) is 22.7 Å². The average molecular weight is 408 g/mol. The van der Waals surface area contributed by atoms with Crippen molar-refractivity contribution in [3.05, 3.63) is 26.2 Å². The van der Waals surface area contributed by atoms with Crippen LogP contribution in [0.25, 0.3) is 11.3 Å². The molecular weight excluding hydrogens is 397 g/mol. The highest BCUT2D eigenvalue weighted by molar-refractivity contribution is 14.1. The smallest absolute Gasteiger partial charge is 0.159 e. The Morgan fingerprint density at radius 1 is 1.53 bits per heavy atom. The summed E-state index contributed by atoms with van der Waals surface area (Å²) in [6.07, 6.45) is 0. The summed E-state index contributed by atoms with van der Waals surface area (Å²) in [5, 5.41) is 6.91. The Morgan fingerprint density at radius 2 is 2.29 bits per heavy atom. The second-order valence-electron chi connectivity index (χ2n) is 3.37. The molecular formula is C11H11BrIN3O. The van der Waals surface area contributed by atoms with Crippen LogP contribution in [0.5, 0.6) is 5.75 Å². The fourth-order valence-electron chi connectivity index (χ4n) is 1.48. The second-order valence-corrected chi connectivity index (χ2v) is 5.31. The largest absolute Gasteiger partial charge is 0.494 e. The first-order valence-electron chi connectivity index (χ1n) is 5.05. The molecule has 0 aliphatic carbocycles.